The molecule has 0 bridgehead atoms. The Bertz CT molecular complexity index is 2890. The number of fused-ring (bicyclic) bond motifs is 16. The first-order valence-corrected chi connectivity index (χ1v) is 14.8. The van der Waals surface area contributed by atoms with E-state index in [1.54, 1.807) is 6.33 Å². The summed E-state index contributed by atoms with van der Waals surface area (Å²) in [6, 6.07) is 36.0. The first kappa shape index (κ1) is 26.9. The van der Waals surface area contributed by atoms with Gasteiger partial charge in [-0.1, -0.05) is 76.1 Å². The summed E-state index contributed by atoms with van der Waals surface area (Å²) < 4.78 is 10.8. The summed E-state index contributed by atoms with van der Waals surface area (Å²) in [6.07, 6.45) is 3.42. The Morgan fingerprint density at radius 1 is 0.587 bits per heavy atom. The van der Waals surface area contributed by atoms with Crippen LogP contribution in [0.1, 0.15) is 11.1 Å². The third-order valence-corrected chi connectivity index (χ3v) is 8.96. The van der Waals surface area contributed by atoms with Gasteiger partial charge in [0.05, 0.1) is 33.4 Å². The zero-order valence-corrected chi connectivity index (χ0v) is 26.2. The molecule has 10 rings (SSSR count). The van der Waals surface area contributed by atoms with Crippen molar-refractivity contribution in [2.75, 3.05) is 0 Å². The molecule has 46 heavy (non-hydrogen) atoms. The predicted molar refractivity (Wildman–Crippen MR) is 178 cm³/mol. The predicted octanol–water partition coefficient (Wildman–Crippen LogP) is 8.70. The van der Waals surface area contributed by atoms with Gasteiger partial charge in [0.2, 0.25) is 0 Å². The fraction of sp³-hybridized carbons (Fsp3) is 0.0526. The Labute approximate surface area is 275 Å². The monoisotopic (exact) mass is 684 g/mol. The number of nitrogens with zero attached hydrogens (tertiary/aromatic N) is 6. The molecule has 0 saturated heterocycles. The van der Waals surface area contributed by atoms with E-state index in [4.69, 9.17) is 14.7 Å². The molecule has 0 saturated carbocycles. The molecule has 0 aliphatic carbocycles. The number of hydrogen-bond donors (Lipinski definition) is 0. The number of imidazole rings is 2. The van der Waals surface area contributed by atoms with Gasteiger partial charge in [-0.3, -0.25) is 9.97 Å². The Kier molecular flexibility index (Phi) is 5.73. The molecule has 5 heterocycles. The number of ether oxygens (including phenoxy) is 1. The van der Waals surface area contributed by atoms with E-state index in [1.807, 2.05) is 48.7 Å². The van der Waals surface area contributed by atoms with Crippen LogP contribution < -0.4 is 4.74 Å². The van der Waals surface area contributed by atoms with Crippen molar-refractivity contribution in [3.63, 3.8) is 0 Å². The number of aromatic nitrogens is 6. The molecule has 0 atom stereocenters. The smallest absolute Gasteiger partial charge is 0.497 e. The van der Waals surface area contributed by atoms with Crippen molar-refractivity contribution in [3.05, 3.63) is 121 Å². The minimum absolute atomic E-state index is 0. The van der Waals surface area contributed by atoms with Crippen molar-refractivity contribution < 1.29 is 25.2 Å². The third kappa shape index (κ3) is 3.69. The second kappa shape index (κ2) is 9.79. The van der Waals surface area contributed by atoms with E-state index in [9.17, 15) is 0 Å². The van der Waals surface area contributed by atoms with E-state index in [-0.39, 0.29) is 20.4 Å². The summed E-state index contributed by atoms with van der Waals surface area (Å²) in [7, 11) is 0. The Hall–Kier alpha value is -5.42. The molecule has 7 nitrogen and oxygen atoms in total. The van der Waals surface area contributed by atoms with Gasteiger partial charge in [0, 0.05) is 28.6 Å². The summed E-state index contributed by atoms with van der Waals surface area (Å²) in [5, 5.41) is 5.88. The minimum atomic E-state index is 0. The average Bonchev–Trinajstić information content (AvgIpc) is 3.66. The Morgan fingerprint density at radius 3 is 1.87 bits per heavy atom. The molecule has 0 aliphatic rings. The van der Waals surface area contributed by atoms with E-state index in [1.165, 1.54) is 11.1 Å². The SMILES string of the molecule is Cc1cc2c3ccc(Oc4[c-]c5c(cc4)c4cncnc4n4c6ccccc6nc54)[c-]c3c3nc4ccccc4n3c2cc1C.[Pd+2]. The van der Waals surface area contributed by atoms with Crippen molar-refractivity contribution in [1.29, 1.82) is 0 Å². The second-order valence-corrected chi connectivity index (χ2v) is 11.6. The van der Waals surface area contributed by atoms with Crippen molar-refractivity contribution in [2.45, 2.75) is 13.8 Å². The molecular weight excluding hydrogens is 663 g/mol. The van der Waals surface area contributed by atoms with Crippen LogP contribution in [0.2, 0.25) is 0 Å². The van der Waals surface area contributed by atoms with Crippen molar-refractivity contribution in [2.24, 2.45) is 0 Å². The summed E-state index contributed by atoms with van der Waals surface area (Å²) in [6.45, 7) is 4.31. The topological polar surface area (TPSA) is 69.6 Å². The van der Waals surface area contributed by atoms with E-state index >= 15 is 0 Å². The quantitative estimate of drug-likeness (QED) is 0.104. The van der Waals surface area contributed by atoms with Gasteiger partial charge in [-0.15, -0.1) is 12.1 Å². The van der Waals surface area contributed by atoms with Crippen molar-refractivity contribution >= 4 is 76.8 Å². The molecule has 0 aliphatic heterocycles. The van der Waals surface area contributed by atoms with E-state index in [0.29, 0.717) is 11.5 Å². The van der Waals surface area contributed by atoms with Crippen LogP contribution in [0.5, 0.6) is 11.5 Å². The van der Waals surface area contributed by atoms with E-state index in [2.05, 4.69) is 87.2 Å². The van der Waals surface area contributed by atoms with Crippen LogP contribution in [0, 0.1) is 26.0 Å². The molecule has 0 fully saturated rings. The minimum Gasteiger partial charge on any atom is -0.497 e. The number of rotatable bonds is 2. The molecule has 220 valence electrons. The van der Waals surface area contributed by atoms with Crippen LogP contribution in [-0.4, -0.2) is 28.7 Å². The van der Waals surface area contributed by atoms with Gasteiger partial charge < -0.3 is 13.5 Å². The summed E-state index contributed by atoms with van der Waals surface area (Å²) >= 11 is 0. The zero-order chi connectivity index (χ0) is 29.8. The third-order valence-electron chi connectivity index (χ3n) is 8.96. The van der Waals surface area contributed by atoms with Gasteiger partial charge in [0.25, 0.3) is 0 Å². The van der Waals surface area contributed by atoms with Gasteiger partial charge in [-0.25, -0.2) is 9.97 Å². The summed E-state index contributed by atoms with van der Waals surface area (Å²) in [4.78, 5) is 19.0. The largest absolute Gasteiger partial charge is 2.00 e. The normalized spacial score (nSPS) is 12.0. The summed E-state index contributed by atoms with van der Waals surface area (Å²) in [5.74, 6) is 1.16. The second-order valence-electron chi connectivity index (χ2n) is 11.6. The van der Waals surface area contributed by atoms with Crippen LogP contribution in [-0.2, 0) is 20.4 Å². The Morgan fingerprint density at radius 2 is 1.17 bits per heavy atom. The molecule has 0 unspecified atom stereocenters. The molecular formula is C38H22N6OPd. The van der Waals surface area contributed by atoms with E-state index < -0.39 is 0 Å². The van der Waals surface area contributed by atoms with Gasteiger partial charge in [-0.05, 0) is 60.7 Å². The van der Waals surface area contributed by atoms with Crippen molar-refractivity contribution in [3.8, 4) is 11.5 Å². The number of benzene rings is 5. The molecule has 0 amide bonds. The van der Waals surface area contributed by atoms with Gasteiger partial charge in [0.1, 0.15) is 12.0 Å². The van der Waals surface area contributed by atoms with Crippen LogP contribution in [0.3, 0.4) is 0 Å². The first-order chi connectivity index (χ1) is 22.1. The number of aryl methyl sites for hydroxylation is 2. The fourth-order valence-corrected chi connectivity index (χ4v) is 6.73. The summed E-state index contributed by atoms with van der Waals surface area (Å²) in [5.41, 5.74) is 9.93. The molecule has 0 spiro atoms. The van der Waals surface area contributed by atoms with Crippen LogP contribution in [0.15, 0.2) is 97.5 Å². The number of hydrogen-bond acceptors (Lipinski definition) is 5. The maximum absolute atomic E-state index is 6.49. The molecule has 5 aromatic heterocycles. The molecule has 0 radical (unpaired) electrons. The van der Waals surface area contributed by atoms with Crippen LogP contribution >= 0.6 is 0 Å². The zero-order valence-electron chi connectivity index (χ0n) is 24.6. The molecule has 0 N–H and O–H groups in total. The first-order valence-electron chi connectivity index (χ1n) is 14.8. The molecule has 10 aromatic rings. The molecule has 8 heteroatoms. The number of para-hydroxylation sites is 4. The number of pyridine rings is 2. The van der Waals surface area contributed by atoms with Crippen molar-refractivity contribution in [1.82, 2.24) is 28.7 Å². The standard InChI is InChI=1S/C38H22N6O.Pd/c1-21-15-27-25-13-11-23(17-28(25)37-41-31-7-3-5-9-33(31)43(37)35(27)16-22(21)2)45-24-12-14-26-29(18-24)38-42-32-8-4-6-10-34(32)44(38)36-30(26)19-39-20-40-36;/h3-16,19-20H,1-2H3;/q-2;+2. The maximum Gasteiger partial charge on any atom is 2.00 e. The fourth-order valence-electron chi connectivity index (χ4n) is 6.73. The molecule has 5 aromatic carbocycles. The van der Waals surface area contributed by atoms with Crippen LogP contribution in [0.25, 0.3) is 76.8 Å². The van der Waals surface area contributed by atoms with E-state index in [0.717, 1.165) is 76.8 Å². The van der Waals surface area contributed by atoms with Gasteiger partial charge >= 0.3 is 20.4 Å². The average molecular weight is 685 g/mol. The van der Waals surface area contributed by atoms with Gasteiger partial charge in [-0.2, -0.15) is 0 Å². The Balaban J connectivity index is 0.00000292. The van der Waals surface area contributed by atoms with Gasteiger partial charge in [0.15, 0.2) is 0 Å². The maximum atomic E-state index is 6.49. The van der Waals surface area contributed by atoms with Crippen LogP contribution in [0.4, 0.5) is 0 Å².